The van der Waals surface area contributed by atoms with Crippen LogP contribution < -0.4 is 4.90 Å². The minimum absolute atomic E-state index is 0.225. The number of esters is 1. The van der Waals surface area contributed by atoms with Crippen molar-refractivity contribution in [2.75, 3.05) is 32.6 Å². The molecule has 28 heavy (non-hydrogen) atoms. The largest absolute Gasteiger partial charge is 0.451 e. The Kier molecular flexibility index (Phi) is 6.43. The van der Waals surface area contributed by atoms with Crippen LogP contribution in [-0.4, -0.2) is 49.5 Å². The average Bonchev–Trinajstić information content (AvgIpc) is 3.37. The van der Waals surface area contributed by atoms with Gasteiger partial charge in [-0.25, -0.2) is 9.78 Å². The number of amides is 1. The molecule has 0 unspecified atom stereocenters. The predicted molar refractivity (Wildman–Crippen MR) is 113 cm³/mol. The summed E-state index contributed by atoms with van der Waals surface area (Å²) >= 11 is 2.94. The molecule has 0 aliphatic heterocycles. The lowest BCUT2D eigenvalue weighted by Gasteiger charge is -2.18. The monoisotopic (exact) mass is 415 g/mol. The number of carbonyl (C=O) groups excluding carboxylic acids is 2. The maximum atomic E-state index is 12.3. The van der Waals surface area contributed by atoms with Gasteiger partial charge in [-0.1, -0.05) is 18.2 Å². The molecule has 0 saturated heterocycles. The minimum Gasteiger partial charge on any atom is -0.451 e. The molecule has 0 radical (unpaired) electrons. The van der Waals surface area contributed by atoms with Crippen LogP contribution >= 0.6 is 22.7 Å². The molecule has 2 heterocycles. The molecule has 146 valence electrons. The Hall–Kier alpha value is -2.71. The molecule has 0 aliphatic carbocycles. The number of ether oxygens (including phenoxy) is 1. The second kappa shape index (κ2) is 8.99. The van der Waals surface area contributed by atoms with Crippen molar-refractivity contribution in [3.8, 4) is 9.88 Å². The Labute approximate surface area is 172 Å². The highest BCUT2D eigenvalue weighted by atomic mass is 32.1. The van der Waals surface area contributed by atoms with E-state index in [2.05, 4.69) is 4.98 Å². The van der Waals surface area contributed by atoms with Crippen molar-refractivity contribution in [1.82, 2.24) is 9.88 Å². The maximum Gasteiger partial charge on any atom is 0.358 e. The number of hydrogen-bond acceptors (Lipinski definition) is 7. The summed E-state index contributed by atoms with van der Waals surface area (Å²) < 4.78 is 5.14. The van der Waals surface area contributed by atoms with Gasteiger partial charge in [-0.15, -0.1) is 22.7 Å². The second-order valence-electron chi connectivity index (χ2n) is 6.40. The smallest absolute Gasteiger partial charge is 0.358 e. The van der Waals surface area contributed by atoms with Gasteiger partial charge in [0.15, 0.2) is 12.3 Å². The van der Waals surface area contributed by atoms with Gasteiger partial charge in [0.05, 0.1) is 4.88 Å². The van der Waals surface area contributed by atoms with Crippen LogP contribution in [0.1, 0.15) is 16.1 Å². The van der Waals surface area contributed by atoms with E-state index in [9.17, 15) is 9.59 Å². The normalized spacial score (nSPS) is 10.5. The number of thiazole rings is 1. The Balaban J connectivity index is 1.51. The fourth-order valence-corrected chi connectivity index (χ4v) is 4.06. The first-order valence-corrected chi connectivity index (χ1v) is 10.4. The number of anilines is 1. The fraction of sp³-hybridized carbons (Fsp3) is 0.250. The maximum absolute atomic E-state index is 12.3. The quantitative estimate of drug-likeness (QED) is 0.550. The van der Waals surface area contributed by atoms with Crippen LogP contribution in [0.15, 0.2) is 47.2 Å². The lowest BCUT2D eigenvalue weighted by atomic mass is 10.2. The van der Waals surface area contributed by atoms with E-state index in [4.69, 9.17) is 4.74 Å². The van der Waals surface area contributed by atoms with Crippen LogP contribution in [0.2, 0.25) is 0 Å². The Morgan fingerprint density at radius 3 is 2.46 bits per heavy atom. The summed E-state index contributed by atoms with van der Waals surface area (Å²) in [4.78, 5) is 33.3. The van der Waals surface area contributed by atoms with Gasteiger partial charge < -0.3 is 14.5 Å². The van der Waals surface area contributed by atoms with Gasteiger partial charge in [0, 0.05) is 38.8 Å². The Morgan fingerprint density at radius 2 is 1.82 bits per heavy atom. The summed E-state index contributed by atoms with van der Waals surface area (Å²) in [5, 5.41) is 4.38. The van der Waals surface area contributed by atoms with E-state index in [0.717, 1.165) is 21.1 Å². The second-order valence-corrected chi connectivity index (χ2v) is 8.21. The van der Waals surface area contributed by atoms with Crippen molar-refractivity contribution < 1.29 is 14.3 Å². The van der Waals surface area contributed by atoms with Gasteiger partial charge in [-0.2, -0.15) is 0 Å². The molecule has 0 N–H and O–H groups in total. The van der Waals surface area contributed by atoms with E-state index >= 15 is 0 Å². The van der Waals surface area contributed by atoms with Crippen LogP contribution in [0, 0.1) is 0 Å². The summed E-state index contributed by atoms with van der Waals surface area (Å²) in [6.07, 6.45) is 0. The van der Waals surface area contributed by atoms with Crippen LogP contribution in [0.4, 0.5) is 5.69 Å². The number of aromatic nitrogens is 1. The van der Waals surface area contributed by atoms with Crippen molar-refractivity contribution in [1.29, 1.82) is 0 Å². The first-order chi connectivity index (χ1) is 13.4. The van der Waals surface area contributed by atoms with Gasteiger partial charge >= 0.3 is 5.97 Å². The summed E-state index contributed by atoms with van der Waals surface area (Å²) in [7, 11) is 5.64. The van der Waals surface area contributed by atoms with E-state index < -0.39 is 5.97 Å². The Morgan fingerprint density at radius 1 is 1.07 bits per heavy atom. The minimum atomic E-state index is -0.587. The highest BCUT2D eigenvalue weighted by Gasteiger charge is 2.17. The van der Waals surface area contributed by atoms with E-state index in [1.807, 2.05) is 60.8 Å². The molecule has 0 saturated carbocycles. The molecule has 0 atom stereocenters. The zero-order valence-electron chi connectivity index (χ0n) is 15.9. The summed E-state index contributed by atoms with van der Waals surface area (Å²) in [5.41, 5.74) is 2.33. The Bertz CT molecular complexity index is 934. The topological polar surface area (TPSA) is 62.7 Å². The molecule has 2 aromatic heterocycles. The van der Waals surface area contributed by atoms with Crippen molar-refractivity contribution in [2.45, 2.75) is 6.54 Å². The van der Waals surface area contributed by atoms with Crippen LogP contribution in [0.3, 0.4) is 0 Å². The van der Waals surface area contributed by atoms with Crippen LogP contribution in [0.5, 0.6) is 0 Å². The molecule has 1 aromatic carbocycles. The lowest BCUT2D eigenvalue weighted by Crippen LogP contribution is -2.30. The SMILES string of the molecule is CN(Cc1ccc(N(C)C)cc1)C(=O)COC(=O)c1csc(-c2cccs2)n1. The first-order valence-electron chi connectivity index (χ1n) is 8.61. The van der Waals surface area contributed by atoms with Crippen LogP contribution in [-0.2, 0) is 16.1 Å². The van der Waals surface area contributed by atoms with E-state index in [-0.39, 0.29) is 18.2 Å². The fourth-order valence-electron chi connectivity index (χ4n) is 2.45. The van der Waals surface area contributed by atoms with Crippen molar-refractivity contribution in [2.24, 2.45) is 0 Å². The van der Waals surface area contributed by atoms with Gasteiger partial charge in [0.25, 0.3) is 5.91 Å². The number of rotatable bonds is 7. The predicted octanol–water partition coefficient (Wildman–Crippen LogP) is 3.75. The van der Waals surface area contributed by atoms with Crippen molar-refractivity contribution >= 4 is 40.2 Å². The molecule has 3 aromatic rings. The number of hydrogen-bond donors (Lipinski definition) is 0. The number of benzene rings is 1. The molecular formula is C20H21N3O3S2. The van der Waals surface area contributed by atoms with Crippen molar-refractivity contribution in [3.63, 3.8) is 0 Å². The third kappa shape index (κ3) is 4.96. The third-order valence-corrected chi connectivity index (χ3v) is 5.95. The molecule has 0 fully saturated rings. The summed E-state index contributed by atoms with van der Waals surface area (Å²) in [6, 6.07) is 11.8. The van der Waals surface area contributed by atoms with Crippen LogP contribution in [0.25, 0.3) is 9.88 Å². The van der Waals surface area contributed by atoms with Gasteiger partial charge in [-0.05, 0) is 29.1 Å². The zero-order valence-corrected chi connectivity index (χ0v) is 17.5. The molecule has 0 spiro atoms. The zero-order chi connectivity index (χ0) is 20.1. The number of carbonyl (C=O) groups is 2. The third-order valence-electron chi connectivity index (χ3n) is 4.07. The van der Waals surface area contributed by atoms with E-state index in [0.29, 0.717) is 6.54 Å². The lowest BCUT2D eigenvalue weighted by molar-refractivity contribution is -0.133. The summed E-state index contributed by atoms with van der Waals surface area (Å²) in [5.74, 6) is -0.852. The highest BCUT2D eigenvalue weighted by Crippen LogP contribution is 2.27. The molecule has 1 amide bonds. The van der Waals surface area contributed by atoms with Gasteiger partial charge in [0.1, 0.15) is 5.01 Å². The standard InChI is InChI=1S/C20H21N3O3S2/c1-22(2)15-8-6-14(7-9-15)11-23(3)18(24)12-26-20(25)16-13-28-19(21-16)17-5-4-10-27-17/h4-10,13H,11-12H2,1-3H3. The van der Waals surface area contributed by atoms with E-state index in [1.54, 1.807) is 23.8 Å². The molecular weight excluding hydrogens is 394 g/mol. The molecule has 3 rings (SSSR count). The molecule has 0 aliphatic rings. The van der Waals surface area contributed by atoms with E-state index in [1.165, 1.54) is 16.2 Å². The number of likely N-dealkylation sites (N-methyl/N-ethyl adjacent to an activating group) is 1. The summed E-state index contributed by atoms with van der Waals surface area (Å²) in [6.45, 7) is 0.139. The van der Waals surface area contributed by atoms with Gasteiger partial charge in [0.2, 0.25) is 0 Å². The van der Waals surface area contributed by atoms with Gasteiger partial charge in [-0.3, -0.25) is 4.79 Å². The highest BCUT2D eigenvalue weighted by molar-refractivity contribution is 7.20. The number of thiophene rings is 1. The first kappa shape index (κ1) is 20.0. The number of nitrogens with zero attached hydrogens (tertiary/aromatic N) is 3. The molecule has 0 bridgehead atoms. The average molecular weight is 416 g/mol. The molecule has 6 nitrogen and oxygen atoms in total. The molecule has 8 heteroatoms. The van der Waals surface area contributed by atoms with Crippen molar-refractivity contribution in [3.05, 3.63) is 58.4 Å².